The number of rotatable bonds is 7. The molecule has 0 aliphatic rings. The second-order valence-corrected chi connectivity index (χ2v) is 6.24. The lowest BCUT2D eigenvalue weighted by Gasteiger charge is -2.16. The average Bonchev–Trinajstić information content (AvgIpc) is 2.62. The van der Waals surface area contributed by atoms with E-state index in [-0.39, 0.29) is 18.0 Å². The third-order valence-corrected chi connectivity index (χ3v) is 4.25. The number of nitrogens with one attached hydrogen (secondary N) is 2. The van der Waals surface area contributed by atoms with E-state index in [0.29, 0.717) is 30.8 Å². The van der Waals surface area contributed by atoms with Gasteiger partial charge in [0.05, 0.1) is 13.2 Å². The zero-order valence-electron chi connectivity index (χ0n) is 15.0. The van der Waals surface area contributed by atoms with Crippen molar-refractivity contribution in [1.29, 1.82) is 0 Å². The van der Waals surface area contributed by atoms with Gasteiger partial charge in [0.25, 0.3) is 5.56 Å². The molecule has 136 valence electrons. The summed E-state index contributed by atoms with van der Waals surface area (Å²) in [6.45, 7) is 4.22. The zero-order chi connectivity index (χ0) is 18.5. The summed E-state index contributed by atoms with van der Waals surface area (Å²) in [4.78, 5) is 29.2. The van der Waals surface area contributed by atoms with Crippen molar-refractivity contribution in [3.8, 4) is 0 Å². The van der Waals surface area contributed by atoms with Crippen molar-refractivity contribution in [2.45, 2.75) is 6.92 Å². The molecule has 0 spiro atoms. The third kappa shape index (κ3) is 4.09. The van der Waals surface area contributed by atoms with Crippen LogP contribution in [-0.2, 0) is 9.53 Å². The molecule has 3 rings (SSSR count). The summed E-state index contributed by atoms with van der Waals surface area (Å²) in [6.07, 6.45) is 0. The molecule has 2 N–H and O–H groups in total. The van der Waals surface area contributed by atoms with E-state index in [1.807, 2.05) is 49.2 Å². The summed E-state index contributed by atoms with van der Waals surface area (Å²) in [5.41, 5.74) is 1.35. The van der Waals surface area contributed by atoms with Gasteiger partial charge in [0, 0.05) is 35.1 Å². The van der Waals surface area contributed by atoms with Gasteiger partial charge in [-0.05, 0) is 43.6 Å². The molecule has 3 aromatic rings. The van der Waals surface area contributed by atoms with Gasteiger partial charge in [-0.2, -0.15) is 0 Å². The lowest BCUT2D eigenvalue weighted by molar-refractivity contribution is -0.117. The van der Waals surface area contributed by atoms with Gasteiger partial charge in [-0.25, -0.2) is 0 Å². The Morgan fingerprint density at radius 1 is 1.15 bits per heavy atom. The van der Waals surface area contributed by atoms with Crippen LogP contribution in [-0.4, -0.2) is 49.1 Å². The molecule has 1 amide bonds. The fraction of sp³-hybridized carbons (Fsp3) is 0.300. The number of aromatic nitrogens is 1. The maximum absolute atomic E-state index is 12.3. The standard InChI is InChI=1S/C20H23N3O3/c1-3-26-11-10-23(2)13-19(24)21-14-8-9-18-17(12-14)15-6-4-5-7-16(15)20(25)22-18/h4-9,12H,3,10-11,13H2,1-2H3,(H,21,24)(H,22,25). The Morgan fingerprint density at radius 3 is 2.69 bits per heavy atom. The number of benzene rings is 2. The van der Waals surface area contributed by atoms with Crippen molar-refractivity contribution in [3.63, 3.8) is 0 Å². The molecule has 1 aromatic heterocycles. The molecule has 1 heterocycles. The van der Waals surface area contributed by atoms with E-state index in [4.69, 9.17) is 4.74 Å². The quantitative estimate of drug-likeness (QED) is 0.506. The van der Waals surface area contributed by atoms with Crippen LogP contribution in [0.2, 0.25) is 0 Å². The van der Waals surface area contributed by atoms with E-state index in [9.17, 15) is 9.59 Å². The van der Waals surface area contributed by atoms with E-state index in [1.54, 1.807) is 12.1 Å². The predicted molar refractivity (Wildman–Crippen MR) is 105 cm³/mol. The molecule has 0 aliphatic carbocycles. The van der Waals surface area contributed by atoms with Gasteiger partial charge in [0.2, 0.25) is 5.91 Å². The number of carbonyl (C=O) groups is 1. The van der Waals surface area contributed by atoms with Gasteiger partial charge in [-0.15, -0.1) is 0 Å². The summed E-state index contributed by atoms with van der Waals surface area (Å²) in [5, 5.41) is 5.34. The number of nitrogens with zero attached hydrogens (tertiary/aromatic N) is 1. The number of anilines is 1. The molecule has 26 heavy (non-hydrogen) atoms. The molecule has 0 radical (unpaired) electrons. The molecule has 0 atom stereocenters. The summed E-state index contributed by atoms with van der Waals surface area (Å²) in [7, 11) is 1.89. The number of H-pyrrole nitrogens is 1. The number of ether oxygens (including phenoxy) is 1. The van der Waals surface area contributed by atoms with E-state index >= 15 is 0 Å². The van der Waals surface area contributed by atoms with Crippen molar-refractivity contribution in [2.75, 3.05) is 38.7 Å². The Bertz CT molecular complexity index is 981. The number of carbonyl (C=O) groups excluding carboxylic acids is 1. The normalized spacial score (nSPS) is 11.3. The highest BCUT2D eigenvalue weighted by Gasteiger charge is 2.09. The van der Waals surface area contributed by atoms with E-state index in [1.165, 1.54) is 0 Å². The minimum absolute atomic E-state index is 0.0860. The Morgan fingerprint density at radius 2 is 1.92 bits per heavy atom. The molecule has 0 fully saturated rings. The number of aromatic amines is 1. The smallest absolute Gasteiger partial charge is 0.256 e. The van der Waals surface area contributed by atoms with Gasteiger partial charge >= 0.3 is 0 Å². The van der Waals surface area contributed by atoms with Crippen LogP contribution in [0.15, 0.2) is 47.3 Å². The first-order valence-corrected chi connectivity index (χ1v) is 8.69. The molecule has 0 unspecified atom stereocenters. The van der Waals surface area contributed by atoms with Gasteiger partial charge < -0.3 is 15.0 Å². The Labute approximate surface area is 151 Å². The predicted octanol–water partition coefficient (Wildman–Crippen LogP) is 2.59. The lowest BCUT2D eigenvalue weighted by Crippen LogP contribution is -2.32. The van der Waals surface area contributed by atoms with Crippen LogP contribution >= 0.6 is 0 Å². The maximum Gasteiger partial charge on any atom is 0.256 e. The van der Waals surface area contributed by atoms with Gasteiger partial charge in [0.1, 0.15) is 0 Å². The van der Waals surface area contributed by atoms with E-state index in [0.717, 1.165) is 16.3 Å². The highest BCUT2D eigenvalue weighted by atomic mass is 16.5. The zero-order valence-corrected chi connectivity index (χ0v) is 15.0. The molecule has 0 saturated heterocycles. The number of fused-ring (bicyclic) bond motifs is 3. The van der Waals surface area contributed by atoms with Gasteiger partial charge in [-0.3, -0.25) is 14.5 Å². The first-order valence-electron chi connectivity index (χ1n) is 8.69. The van der Waals surface area contributed by atoms with Crippen LogP contribution in [0, 0.1) is 0 Å². The van der Waals surface area contributed by atoms with Gasteiger partial charge in [0.15, 0.2) is 0 Å². The van der Waals surface area contributed by atoms with Crippen LogP contribution < -0.4 is 10.9 Å². The lowest BCUT2D eigenvalue weighted by atomic mass is 10.1. The maximum atomic E-state index is 12.3. The van der Waals surface area contributed by atoms with Crippen molar-refractivity contribution in [3.05, 3.63) is 52.8 Å². The van der Waals surface area contributed by atoms with Crippen LogP contribution in [0.1, 0.15) is 6.92 Å². The Kier molecular flexibility index (Phi) is 5.65. The number of amides is 1. The van der Waals surface area contributed by atoms with Crippen LogP contribution in [0.4, 0.5) is 5.69 Å². The number of pyridine rings is 1. The summed E-state index contributed by atoms with van der Waals surface area (Å²) < 4.78 is 5.30. The number of hydrogen-bond donors (Lipinski definition) is 2. The second kappa shape index (κ2) is 8.12. The first-order chi connectivity index (χ1) is 12.6. The molecular weight excluding hydrogens is 330 g/mol. The van der Waals surface area contributed by atoms with Crippen LogP contribution in [0.3, 0.4) is 0 Å². The molecule has 2 aromatic carbocycles. The molecule has 0 saturated carbocycles. The molecule has 0 bridgehead atoms. The van der Waals surface area contributed by atoms with E-state index < -0.39 is 0 Å². The first kappa shape index (κ1) is 18.1. The second-order valence-electron chi connectivity index (χ2n) is 6.24. The van der Waals surface area contributed by atoms with Crippen molar-refractivity contribution in [2.24, 2.45) is 0 Å². The van der Waals surface area contributed by atoms with Crippen LogP contribution in [0.25, 0.3) is 21.7 Å². The van der Waals surface area contributed by atoms with Crippen molar-refractivity contribution >= 4 is 33.3 Å². The monoisotopic (exact) mass is 353 g/mol. The summed E-state index contributed by atoms with van der Waals surface area (Å²) >= 11 is 0. The minimum atomic E-state index is -0.110. The summed E-state index contributed by atoms with van der Waals surface area (Å²) in [6, 6.07) is 13.0. The molecule has 6 nitrogen and oxygen atoms in total. The molecule has 0 aliphatic heterocycles. The largest absolute Gasteiger partial charge is 0.380 e. The minimum Gasteiger partial charge on any atom is -0.380 e. The highest BCUT2D eigenvalue weighted by Crippen LogP contribution is 2.24. The number of likely N-dealkylation sites (N-methyl/N-ethyl adjacent to an activating group) is 1. The summed E-state index contributed by atoms with van der Waals surface area (Å²) in [5.74, 6) is -0.0860. The Balaban J connectivity index is 1.79. The number of hydrogen-bond acceptors (Lipinski definition) is 4. The topological polar surface area (TPSA) is 74.4 Å². The third-order valence-electron chi connectivity index (χ3n) is 4.25. The average molecular weight is 353 g/mol. The molecular formula is C20H23N3O3. The van der Waals surface area contributed by atoms with Gasteiger partial charge in [-0.1, -0.05) is 18.2 Å². The Hall–Kier alpha value is -2.70. The highest BCUT2D eigenvalue weighted by molar-refractivity contribution is 6.07. The van der Waals surface area contributed by atoms with Crippen molar-refractivity contribution in [1.82, 2.24) is 9.88 Å². The van der Waals surface area contributed by atoms with Crippen LogP contribution in [0.5, 0.6) is 0 Å². The molecule has 6 heteroatoms. The fourth-order valence-corrected chi connectivity index (χ4v) is 2.95. The van der Waals surface area contributed by atoms with Crippen molar-refractivity contribution < 1.29 is 9.53 Å². The fourth-order valence-electron chi connectivity index (χ4n) is 2.95. The SMILES string of the molecule is CCOCCN(C)CC(=O)Nc1ccc2[nH]c(=O)c3ccccc3c2c1. The van der Waals surface area contributed by atoms with E-state index in [2.05, 4.69) is 10.3 Å².